The van der Waals surface area contributed by atoms with Crippen molar-refractivity contribution in [2.45, 2.75) is 35.5 Å². The van der Waals surface area contributed by atoms with Crippen LogP contribution in [0.4, 0.5) is 17.6 Å². The van der Waals surface area contributed by atoms with E-state index in [0.717, 1.165) is 17.0 Å². The van der Waals surface area contributed by atoms with Gasteiger partial charge in [0, 0.05) is 28.5 Å². The molecule has 1 aromatic heterocycles. The number of hydrogen-bond acceptors (Lipinski definition) is 7. The number of carbonyl (C=O) groups excluding carboxylic acids is 1. The second-order valence-corrected chi connectivity index (χ2v) is 10.3. The molecule has 0 bridgehead atoms. The monoisotopic (exact) mass is 563 g/mol. The van der Waals surface area contributed by atoms with Gasteiger partial charge in [-0.2, -0.15) is 8.78 Å². The van der Waals surface area contributed by atoms with E-state index in [1.54, 1.807) is 17.1 Å². The highest BCUT2D eigenvalue weighted by Gasteiger charge is 2.49. The maximum Gasteiger partial charge on any atom is 0.345 e. The Kier molecular flexibility index (Phi) is 6.52. The summed E-state index contributed by atoms with van der Waals surface area (Å²) in [4.78, 5) is 28.2. The molecule has 13 heteroatoms. The first-order valence-corrected chi connectivity index (χ1v) is 13.0. The molecule has 1 amide bonds. The Morgan fingerprint density at radius 2 is 1.87 bits per heavy atom. The fourth-order valence-corrected chi connectivity index (χ4v) is 6.57. The van der Waals surface area contributed by atoms with Gasteiger partial charge in [-0.3, -0.25) is 19.3 Å². The number of halogens is 4. The molecule has 3 aliphatic heterocycles. The quantitative estimate of drug-likeness (QED) is 0.486. The number of alkyl halides is 2. The van der Waals surface area contributed by atoms with Gasteiger partial charge in [-0.05, 0) is 23.3 Å². The number of nitrogens with zero attached hydrogens (tertiary/aromatic N) is 3. The molecular formula is C26H21F4N3O5S. The van der Waals surface area contributed by atoms with E-state index < -0.39 is 60.2 Å². The van der Waals surface area contributed by atoms with Crippen LogP contribution in [0.3, 0.4) is 0 Å². The highest BCUT2D eigenvalue weighted by Crippen LogP contribution is 2.45. The molecule has 3 aromatic rings. The van der Waals surface area contributed by atoms with Crippen LogP contribution in [0.2, 0.25) is 0 Å². The lowest BCUT2D eigenvalue weighted by Crippen LogP contribution is -2.69. The van der Waals surface area contributed by atoms with E-state index in [1.807, 2.05) is 12.1 Å². The van der Waals surface area contributed by atoms with Gasteiger partial charge in [-0.15, -0.1) is 11.8 Å². The lowest BCUT2D eigenvalue weighted by atomic mass is 9.93. The van der Waals surface area contributed by atoms with Gasteiger partial charge in [0.2, 0.25) is 5.43 Å². The molecule has 6 rings (SSSR count). The van der Waals surface area contributed by atoms with Crippen molar-refractivity contribution < 1.29 is 36.9 Å². The lowest BCUT2D eigenvalue weighted by molar-refractivity contribution is -0.157. The second kappa shape index (κ2) is 9.88. The van der Waals surface area contributed by atoms with Crippen molar-refractivity contribution in [2.24, 2.45) is 0 Å². The van der Waals surface area contributed by atoms with E-state index in [-0.39, 0.29) is 30.2 Å². The molecule has 1 saturated heterocycles. The van der Waals surface area contributed by atoms with E-state index in [9.17, 15) is 27.9 Å². The van der Waals surface area contributed by atoms with Gasteiger partial charge in [-0.25, -0.2) is 8.78 Å². The number of aromatic nitrogens is 1. The van der Waals surface area contributed by atoms with E-state index in [2.05, 4.69) is 4.74 Å². The molecule has 1 N–H and O–H groups in total. The van der Waals surface area contributed by atoms with E-state index in [4.69, 9.17) is 4.74 Å². The Hall–Kier alpha value is -3.55. The number of carbonyl (C=O) groups is 1. The molecule has 0 saturated carbocycles. The molecule has 204 valence electrons. The number of hydrogen-bond donors (Lipinski definition) is 1. The van der Waals surface area contributed by atoms with Crippen molar-refractivity contribution in [1.29, 1.82) is 0 Å². The second-order valence-electron chi connectivity index (χ2n) is 9.24. The van der Waals surface area contributed by atoms with Crippen molar-refractivity contribution >= 4 is 17.7 Å². The van der Waals surface area contributed by atoms with Crippen LogP contribution in [0.25, 0.3) is 0 Å². The average molecular weight is 564 g/mol. The number of pyridine rings is 1. The first-order chi connectivity index (χ1) is 18.8. The number of fused-ring (bicyclic) bond motifs is 4. The molecule has 8 nitrogen and oxygen atoms in total. The number of amides is 1. The minimum Gasteiger partial charge on any atom is -0.502 e. The maximum atomic E-state index is 15.2. The largest absolute Gasteiger partial charge is 0.502 e. The van der Waals surface area contributed by atoms with Crippen molar-refractivity contribution in [1.82, 2.24) is 9.58 Å². The summed E-state index contributed by atoms with van der Waals surface area (Å²) in [5.74, 6) is -3.50. The van der Waals surface area contributed by atoms with Crippen molar-refractivity contribution in [3.8, 4) is 5.75 Å². The summed E-state index contributed by atoms with van der Waals surface area (Å²) in [7, 11) is 0. The molecule has 4 heterocycles. The molecule has 0 aliphatic carbocycles. The number of aromatic hydroxyl groups is 1. The summed E-state index contributed by atoms with van der Waals surface area (Å²) < 4.78 is 67.0. The van der Waals surface area contributed by atoms with Gasteiger partial charge in [0.05, 0.1) is 31.9 Å². The summed E-state index contributed by atoms with van der Waals surface area (Å²) in [5, 5.41) is 12.4. The number of thioether (sulfide) groups is 1. The summed E-state index contributed by atoms with van der Waals surface area (Å²) in [6.45, 7) is -3.87. The number of morpholine rings is 1. The molecule has 0 radical (unpaired) electrons. The lowest BCUT2D eigenvalue weighted by Gasteiger charge is -2.53. The number of rotatable bonds is 4. The molecule has 0 spiro atoms. The zero-order valence-corrected chi connectivity index (χ0v) is 20.9. The smallest absolute Gasteiger partial charge is 0.345 e. The van der Waals surface area contributed by atoms with Crippen molar-refractivity contribution in [2.75, 3.05) is 24.8 Å². The summed E-state index contributed by atoms with van der Waals surface area (Å²) >= 11 is 1.31. The minimum atomic E-state index is -3.10. The van der Waals surface area contributed by atoms with Crippen LogP contribution in [0.15, 0.2) is 58.4 Å². The van der Waals surface area contributed by atoms with Crippen LogP contribution >= 0.6 is 11.8 Å². The van der Waals surface area contributed by atoms with E-state index in [1.165, 1.54) is 33.6 Å². The van der Waals surface area contributed by atoms with Gasteiger partial charge in [0.25, 0.3) is 5.91 Å². The van der Waals surface area contributed by atoms with Crippen LogP contribution in [-0.2, 0) is 15.2 Å². The fourth-order valence-electron chi connectivity index (χ4n) is 5.45. The van der Waals surface area contributed by atoms with Gasteiger partial charge >= 0.3 is 6.61 Å². The molecule has 3 aliphatic rings. The Morgan fingerprint density at radius 3 is 2.67 bits per heavy atom. The highest BCUT2D eigenvalue weighted by atomic mass is 32.2. The zero-order valence-electron chi connectivity index (χ0n) is 20.1. The third-order valence-corrected chi connectivity index (χ3v) is 8.24. The summed E-state index contributed by atoms with van der Waals surface area (Å²) in [6, 6.07) is 8.95. The fraction of sp³-hybridized carbons (Fsp3) is 0.308. The van der Waals surface area contributed by atoms with Crippen LogP contribution in [0.5, 0.6) is 5.75 Å². The van der Waals surface area contributed by atoms with E-state index in [0.29, 0.717) is 11.1 Å². The average Bonchev–Trinajstić information content (AvgIpc) is 3.09. The van der Waals surface area contributed by atoms with Crippen molar-refractivity contribution in [3.63, 3.8) is 0 Å². The third kappa shape index (κ3) is 4.15. The first kappa shape index (κ1) is 25.7. The molecule has 3 atom stereocenters. The Balaban J connectivity index is 1.61. The minimum absolute atomic E-state index is 0.0753. The Labute approximate surface area is 223 Å². The summed E-state index contributed by atoms with van der Waals surface area (Å²) in [6.07, 6.45) is 0.362. The highest BCUT2D eigenvalue weighted by molar-refractivity contribution is 7.98. The maximum absolute atomic E-state index is 15.2. The predicted octanol–water partition coefficient (Wildman–Crippen LogP) is 3.59. The topological polar surface area (TPSA) is 84.2 Å². The van der Waals surface area contributed by atoms with Crippen LogP contribution in [0, 0.1) is 11.6 Å². The Morgan fingerprint density at radius 1 is 1.08 bits per heavy atom. The van der Waals surface area contributed by atoms with Gasteiger partial charge in [0.1, 0.15) is 6.17 Å². The molecule has 1 unspecified atom stereocenters. The zero-order chi connectivity index (χ0) is 27.4. The standard InChI is InChI=1S/C26H21F4N3O5S/c27-17-6-5-14-16(21(17)28)12-39-19-4-2-1-3-15(19)22(14)33-20-11-37-9-13(10-38-26(29)30)32(20)25(36)23-24(35)18(34)7-8-31(23)33/h1-8,13,20,22,26,35H,9-12H2/t13?,20-,22+/m1/s1. The SMILES string of the molecule is O=C1c2c(O)c(=O)ccn2N([C@@H]2c3ccccc3SCc3c2ccc(F)c3F)[C@@H]2COCC(COC(F)F)N12. The number of ether oxygens (including phenoxy) is 2. The Bertz CT molecular complexity index is 1520. The van der Waals surface area contributed by atoms with Crippen LogP contribution in [-0.4, -0.2) is 59.2 Å². The van der Waals surface area contributed by atoms with Crippen LogP contribution < -0.4 is 10.4 Å². The van der Waals surface area contributed by atoms with Gasteiger partial charge in [0.15, 0.2) is 23.1 Å². The predicted molar refractivity (Wildman–Crippen MR) is 131 cm³/mol. The first-order valence-electron chi connectivity index (χ1n) is 12.0. The van der Waals surface area contributed by atoms with Gasteiger partial charge in [-0.1, -0.05) is 24.3 Å². The van der Waals surface area contributed by atoms with Crippen LogP contribution in [0.1, 0.15) is 33.2 Å². The van der Waals surface area contributed by atoms with Crippen molar-refractivity contribution in [3.05, 3.63) is 92.9 Å². The molecule has 1 fully saturated rings. The molecule has 2 aromatic carbocycles. The van der Waals surface area contributed by atoms with Gasteiger partial charge < -0.3 is 19.5 Å². The third-order valence-electron chi connectivity index (χ3n) is 7.13. The normalized spacial score (nSPS) is 22.2. The summed E-state index contributed by atoms with van der Waals surface area (Å²) in [5.41, 5.74) is 0.00589. The molecule has 39 heavy (non-hydrogen) atoms. The molecular weight excluding hydrogens is 542 g/mol. The number of benzene rings is 2. The van der Waals surface area contributed by atoms with E-state index >= 15 is 4.39 Å².